The van der Waals surface area contributed by atoms with Crippen molar-refractivity contribution in [2.24, 2.45) is 23.5 Å². The molecule has 0 amide bonds. The van der Waals surface area contributed by atoms with Gasteiger partial charge in [-0.1, -0.05) is 5.16 Å². The van der Waals surface area contributed by atoms with Gasteiger partial charge < -0.3 is 15.4 Å². The van der Waals surface area contributed by atoms with E-state index in [9.17, 15) is 0 Å². The molecule has 4 bridgehead atoms. The van der Waals surface area contributed by atoms with Gasteiger partial charge in [0.2, 0.25) is 5.89 Å². The quantitative estimate of drug-likeness (QED) is 0.863. The maximum absolute atomic E-state index is 9.08. The Kier molecular flexibility index (Phi) is 2.51. The molecule has 19 heavy (non-hydrogen) atoms. The zero-order valence-corrected chi connectivity index (χ0v) is 11.1. The fraction of sp³-hybridized carbons (Fsp3) is 0.857. The van der Waals surface area contributed by atoms with E-state index in [1.54, 1.807) is 0 Å². The van der Waals surface area contributed by atoms with Gasteiger partial charge in [0.15, 0.2) is 5.82 Å². The lowest BCUT2D eigenvalue weighted by Gasteiger charge is -2.55. The van der Waals surface area contributed by atoms with Crippen LogP contribution in [0.3, 0.4) is 0 Å². The average Bonchev–Trinajstić information content (AvgIpc) is 2.86. The first-order valence-electron chi connectivity index (χ1n) is 7.39. The van der Waals surface area contributed by atoms with Gasteiger partial charge >= 0.3 is 0 Å². The molecule has 0 saturated heterocycles. The van der Waals surface area contributed by atoms with Crippen LogP contribution in [0.5, 0.6) is 0 Å². The highest BCUT2D eigenvalue weighted by Gasteiger charge is 2.54. The molecule has 1 aromatic rings. The van der Waals surface area contributed by atoms with Crippen LogP contribution in [-0.4, -0.2) is 21.9 Å². The van der Waals surface area contributed by atoms with E-state index >= 15 is 0 Å². The molecule has 5 nitrogen and oxygen atoms in total. The van der Waals surface area contributed by atoms with Gasteiger partial charge in [0.25, 0.3) is 0 Å². The number of aliphatic hydroxyl groups excluding tert-OH is 1. The van der Waals surface area contributed by atoms with E-state index in [-0.39, 0.29) is 12.0 Å². The molecular weight excluding hydrogens is 242 g/mol. The minimum atomic E-state index is -0.522. The van der Waals surface area contributed by atoms with Crippen molar-refractivity contribution in [3.05, 3.63) is 11.7 Å². The lowest BCUT2D eigenvalue weighted by molar-refractivity contribution is -0.0201. The zero-order valence-electron chi connectivity index (χ0n) is 11.1. The molecule has 5 heteroatoms. The number of aromatic nitrogens is 2. The Morgan fingerprint density at radius 3 is 2.32 bits per heavy atom. The number of aliphatic hydroxyl groups is 1. The van der Waals surface area contributed by atoms with Crippen LogP contribution < -0.4 is 5.73 Å². The normalized spacial score (nSPS) is 41.7. The molecule has 1 heterocycles. The van der Waals surface area contributed by atoms with E-state index in [0.29, 0.717) is 5.82 Å². The third kappa shape index (κ3) is 1.75. The van der Waals surface area contributed by atoms with E-state index in [2.05, 4.69) is 10.1 Å². The molecule has 4 aliphatic carbocycles. The highest BCUT2D eigenvalue weighted by atomic mass is 16.5. The first kappa shape index (κ1) is 11.9. The fourth-order valence-corrected chi connectivity index (χ4v) is 5.06. The molecule has 0 radical (unpaired) electrons. The van der Waals surface area contributed by atoms with E-state index in [1.807, 2.05) is 0 Å². The summed E-state index contributed by atoms with van der Waals surface area (Å²) in [5.41, 5.74) is 5.88. The Balaban J connectivity index is 1.66. The van der Waals surface area contributed by atoms with Crippen LogP contribution in [0, 0.1) is 17.8 Å². The number of nitrogens with two attached hydrogens (primary N) is 1. The van der Waals surface area contributed by atoms with E-state index in [4.69, 9.17) is 15.4 Å². The average molecular weight is 263 g/mol. The maximum Gasteiger partial charge on any atom is 0.232 e. The monoisotopic (exact) mass is 263 g/mol. The molecule has 5 rings (SSSR count). The van der Waals surface area contributed by atoms with Gasteiger partial charge in [0.05, 0.1) is 18.1 Å². The smallest absolute Gasteiger partial charge is 0.232 e. The lowest BCUT2D eigenvalue weighted by atomic mass is 9.49. The van der Waals surface area contributed by atoms with Gasteiger partial charge in [-0.15, -0.1) is 0 Å². The maximum atomic E-state index is 9.08. The van der Waals surface area contributed by atoms with Crippen LogP contribution >= 0.6 is 0 Å². The highest BCUT2D eigenvalue weighted by Crippen LogP contribution is 2.60. The number of hydrogen-bond donors (Lipinski definition) is 2. The zero-order chi connectivity index (χ0) is 13.0. The van der Waals surface area contributed by atoms with Crippen molar-refractivity contribution < 1.29 is 9.63 Å². The largest absolute Gasteiger partial charge is 0.394 e. The van der Waals surface area contributed by atoms with Crippen LogP contribution in [-0.2, 0) is 5.41 Å². The van der Waals surface area contributed by atoms with Crippen molar-refractivity contribution in [3.8, 4) is 0 Å². The molecule has 3 N–H and O–H groups in total. The molecule has 1 atom stereocenters. The summed E-state index contributed by atoms with van der Waals surface area (Å²) in [5, 5.41) is 13.1. The standard InChI is InChI=1S/C14H21N3O2/c15-11(7-18)12-16-13(19-17-12)14-4-8-1-9(5-14)3-10(2-8)6-14/h8-11,18H,1-7,15H2. The van der Waals surface area contributed by atoms with Crippen molar-refractivity contribution in [1.29, 1.82) is 0 Å². The summed E-state index contributed by atoms with van der Waals surface area (Å²) in [4.78, 5) is 4.51. The molecule has 0 aliphatic heterocycles. The molecule has 1 unspecified atom stereocenters. The molecule has 4 aliphatic rings. The third-order valence-electron chi connectivity index (χ3n) is 5.46. The van der Waals surface area contributed by atoms with Crippen LogP contribution in [0.15, 0.2) is 4.52 Å². The summed E-state index contributed by atoms with van der Waals surface area (Å²) in [5.74, 6) is 3.80. The topological polar surface area (TPSA) is 85.2 Å². The van der Waals surface area contributed by atoms with Gasteiger partial charge in [-0.3, -0.25) is 0 Å². The summed E-state index contributed by atoms with van der Waals surface area (Å²) in [6.07, 6.45) is 7.81. The van der Waals surface area contributed by atoms with Crippen LogP contribution in [0.4, 0.5) is 0 Å². The summed E-state index contributed by atoms with van der Waals surface area (Å²) in [6.45, 7) is -0.139. The first-order chi connectivity index (χ1) is 9.18. The fourth-order valence-electron chi connectivity index (χ4n) is 5.06. The first-order valence-corrected chi connectivity index (χ1v) is 7.39. The Morgan fingerprint density at radius 2 is 1.79 bits per heavy atom. The van der Waals surface area contributed by atoms with Crippen molar-refractivity contribution in [2.45, 2.75) is 50.0 Å². The Labute approximate surface area is 112 Å². The second-order valence-corrected chi connectivity index (χ2v) is 6.94. The van der Waals surface area contributed by atoms with Crippen LogP contribution in [0.2, 0.25) is 0 Å². The summed E-state index contributed by atoms with van der Waals surface area (Å²) < 4.78 is 5.52. The predicted molar refractivity (Wildman–Crippen MR) is 68.2 cm³/mol. The Morgan fingerprint density at radius 1 is 1.21 bits per heavy atom. The van der Waals surface area contributed by atoms with Gasteiger partial charge in [-0.2, -0.15) is 4.98 Å². The molecule has 1 aromatic heterocycles. The van der Waals surface area contributed by atoms with E-state index in [0.717, 1.165) is 23.6 Å². The molecule has 0 aromatic carbocycles. The van der Waals surface area contributed by atoms with Crippen LogP contribution in [0.1, 0.15) is 56.3 Å². The molecular formula is C14H21N3O2. The lowest BCUT2D eigenvalue weighted by Crippen LogP contribution is -2.48. The number of hydrogen-bond acceptors (Lipinski definition) is 5. The van der Waals surface area contributed by atoms with Crippen molar-refractivity contribution >= 4 is 0 Å². The van der Waals surface area contributed by atoms with Crippen LogP contribution in [0.25, 0.3) is 0 Å². The van der Waals surface area contributed by atoms with E-state index < -0.39 is 6.04 Å². The highest BCUT2D eigenvalue weighted by molar-refractivity contribution is 5.15. The second-order valence-electron chi connectivity index (χ2n) is 6.94. The van der Waals surface area contributed by atoms with Gasteiger partial charge in [-0.05, 0) is 56.3 Å². The minimum Gasteiger partial charge on any atom is -0.394 e. The number of nitrogens with zero attached hydrogens (tertiary/aromatic N) is 2. The third-order valence-corrected chi connectivity index (χ3v) is 5.46. The summed E-state index contributed by atoms with van der Waals surface area (Å²) in [7, 11) is 0. The molecule has 0 spiro atoms. The van der Waals surface area contributed by atoms with Crippen molar-refractivity contribution in [3.63, 3.8) is 0 Å². The molecule has 4 fully saturated rings. The molecule has 104 valence electrons. The minimum absolute atomic E-state index is 0.120. The predicted octanol–water partition coefficient (Wildman–Crippen LogP) is 1.53. The summed E-state index contributed by atoms with van der Waals surface area (Å²) >= 11 is 0. The van der Waals surface area contributed by atoms with E-state index in [1.165, 1.54) is 38.5 Å². The Bertz CT molecular complexity index is 450. The van der Waals surface area contributed by atoms with Gasteiger partial charge in [0, 0.05) is 0 Å². The second kappa shape index (κ2) is 4.03. The van der Waals surface area contributed by atoms with Crippen molar-refractivity contribution in [1.82, 2.24) is 10.1 Å². The summed E-state index contributed by atoms with van der Waals surface area (Å²) in [6, 6.07) is -0.522. The molecule has 4 saturated carbocycles. The van der Waals surface area contributed by atoms with Gasteiger partial charge in [0.1, 0.15) is 0 Å². The van der Waals surface area contributed by atoms with Crippen molar-refractivity contribution in [2.75, 3.05) is 6.61 Å². The Hall–Kier alpha value is -0.940. The van der Waals surface area contributed by atoms with Gasteiger partial charge in [-0.25, -0.2) is 0 Å². The SMILES string of the molecule is NC(CO)c1noc(C23CC4CC(CC(C4)C2)C3)n1. The number of rotatable bonds is 3.